The number of nitrogens with two attached hydrogens (primary N) is 4. The number of thioether (sulfide) groups is 1. The van der Waals surface area contributed by atoms with Crippen molar-refractivity contribution >= 4 is 47.0 Å². The summed E-state index contributed by atoms with van der Waals surface area (Å²) in [7, 11) is 0. The zero-order valence-electron chi connectivity index (χ0n) is 20.4. The molecule has 10 nitrogen and oxygen atoms in total. The van der Waals surface area contributed by atoms with Crippen molar-refractivity contribution in [2.45, 2.75) is 50.5 Å². The first-order valence-electron chi connectivity index (χ1n) is 11.2. The van der Waals surface area contributed by atoms with Crippen molar-refractivity contribution in [2.75, 3.05) is 9.80 Å². The largest absolute Gasteiger partial charge is 0.369 e. The third kappa shape index (κ3) is 5.19. The Kier molecular flexibility index (Phi) is 6.37. The van der Waals surface area contributed by atoms with E-state index in [9.17, 15) is 0 Å². The van der Waals surface area contributed by atoms with Crippen molar-refractivity contribution in [1.82, 2.24) is 0 Å². The first-order valence-corrected chi connectivity index (χ1v) is 12.4. The molecule has 0 aromatic heterocycles. The topological polar surface area (TPSA) is 160 Å². The molecule has 184 valence electrons. The predicted molar refractivity (Wildman–Crippen MR) is 147 cm³/mol. The number of nitrogens with zero attached hydrogens (tertiary/aromatic N) is 6. The second-order valence-electron chi connectivity index (χ2n) is 9.37. The van der Waals surface area contributed by atoms with Crippen LogP contribution in [0.2, 0.25) is 0 Å². The second-order valence-corrected chi connectivity index (χ2v) is 10.4. The molecule has 0 amide bonds. The molecule has 0 saturated heterocycles. The summed E-state index contributed by atoms with van der Waals surface area (Å²) in [6.07, 6.45) is 0. The van der Waals surface area contributed by atoms with Gasteiger partial charge in [-0.25, -0.2) is 9.98 Å². The van der Waals surface area contributed by atoms with Crippen LogP contribution in [0.1, 0.15) is 38.8 Å². The molecule has 0 bridgehead atoms. The summed E-state index contributed by atoms with van der Waals surface area (Å²) in [4.78, 5) is 20.8. The number of aliphatic imine (C=N–C) groups is 4. The van der Waals surface area contributed by atoms with Crippen LogP contribution >= 0.6 is 11.8 Å². The first-order chi connectivity index (χ1) is 16.5. The van der Waals surface area contributed by atoms with Gasteiger partial charge in [0.25, 0.3) is 0 Å². The number of hydrogen-bond acceptors (Lipinski definition) is 11. The Hall–Kier alpha value is -3.73. The van der Waals surface area contributed by atoms with Gasteiger partial charge in [0.1, 0.15) is 11.3 Å². The lowest BCUT2D eigenvalue weighted by Gasteiger charge is -2.38. The third-order valence-corrected chi connectivity index (χ3v) is 6.79. The molecule has 0 radical (unpaired) electrons. The molecule has 2 heterocycles. The lowest BCUT2D eigenvalue weighted by molar-refractivity contribution is 0.533. The van der Waals surface area contributed by atoms with Crippen molar-refractivity contribution in [3.63, 3.8) is 0 Å². The van der Waals surface area contributed by atoms with E-state index in [1.807, 2.05) is 73.5 Å². The Morgan fingerprint density at radius 3 is 1.29 bits per heavy atom. The van der Waals surface area contributed by atoms with E-state index in [0.29, 0.717) is 11.9 Å². The maximum Gasteiger partial charge on any atom is 0.220 e. The summed E-state index contributed by atoms with van der Waals surface area (Å²) in [5.41, 5.74) is 26.9. The fourth-order valence-electron chi connectivity index (χ4n) is 4.27. The monoisotopic (exact) mass is 492 g/mol. The van der Waals surface area contributed by atoms with Crippen LogP contribution in [0.5, 0.6) is 0 Å². The number of rotatable bonds is 6. The van der Waals surface area contributed by atoms with Gasteiger partial charge in [-0.15, -0.1) is 0 Å². The minimum absolute atomic E-state index is 0.194. The molecular weight excluding hydrogens is 460 g/mol. The molecule has 35 heavy (non-hydrogen) atoms. The zero-order valence-corrected chi connectivity index (χ0v) is 21.3. The Labute approximate surface area is 209 Å². The highest BCUT2D eigenvalue weighted by molar-refractivity contribution is 7.97. The quantitative estimate of drug-likeness (QED) is 0.482. The molecular formula is C24H32N10S. The van der Waals surface area contributed by atoms with Crippen LogP contribution in [0.25, 0.3) is 0 Å². The van der Waals surface area contributed by atoms with Crippen molar-refractivity contribution in [3.8, 4) is 0 Å². The normalized spacial score (nSPS) is 19.0. The van der Waals surface area contributed by atoms with Crippen LogP contribution in [0, 0.1) is 0 Å². The Morgan fingerprint density at radius 1 is 0.629 bits per heavy atom. The van der Waals surface area contributed by atoms with Crippen LogP contribution in [0.15, 0.2) is 68.5 Å². The third-order valence-electron chi connectivity index (χ3n) is 5.71. The highest BCUT2D eigenvalue weighted by atomic mass is 32.2. The van der Waals surface area contributed by atoms with Crippen molar-refractivity contribution in [1.29, 1.82) is 0 Å². The van der Waals surface area contributed by atoms with E-state index in [-0.39, 0.29) is 11.9 Å². The molecule has 0 aliphatic carbocycles. The smallest absolute Gasteiger partial charge is 0.220 e. The minimum Gasteiger partial charge on any atom is -0.369 e. The lowest BCUT2D eigenvalue weighted by Crippen LogP contribution is -2.54. The van der Waals surface area contributed by atoms with Gasteiger partial charge < -0.3 is 22.9 Å². The summed E-state index contributed by atoms with van der Waals surface area (Å²) in [6, 6.07) is 16.5. The Bertz CT molecular complexity index is 1110. The van der Waals surface area contributed by atoms with Crippen LogP contribution in [0.4, 0.5) is 11.4 Å². The van der Waals surface area contributed by atoms with Gasteiger partial charge in [-0.05, 0) is 63.1 Å². The average molecular weight is 493 g/mol. The second kappa shape index (κ2) is 9.14. The molecule has 0 unspecified atom stereocenters. The Morgan fingerprint density at radius 2 is 0.971 bits per heavy atom. The van der Waals surface area contributed by atoms with E-state index >= 15 is 0 Å². The molecule has 2 aliphatic heterocycles. The molecule has 0 atom stereocenters. The summed E-state index contributed by atoms with van der Waals surface area (Å²) >= 11 is 1.84. The number of benzene rings is 2. The van der Waals surface area contributed by atoms with Crippen molar-refractivity contribution in [3.05, 3.63) is 59.7 Å². The minimum atomic E-state index is -0.600. The Balaban J connectivity index is 1.35. The number of anilines is 2. The van der Waals surface area contributed by atoms with Gasteiger partial charge in [0.2, 0.25) is 23.8 Å². The molecule has 2 aromatic rings. The van der Waals surface area contributed by atoms with E-state index in [0.717, 1.165) is 22.9 Å². The number of hydrogen-bond donors (Lipinski definition) is 4. The van der Waals surface area contributed by atoms with Gasteiger partial charge in [0.05, 0.1) is 0 Å². The molecule has 0 fully saturated rings. The summed E-state index contributed by atoms with van der Waals surface area (Å²) in [5.74, 6) is 2.83. The average Bonchev–Trinajstić information content (AvgIpc) is 2.73. The van der Waals surface area contributed by atoms with Gasteiger partial charge in [-0.2, -0.15) is 21.7 Å². The first kappa shape index (κ1) is 24.4. The van der Waals surface area contributed by atoms with Gasteiger partial charge in [0.15, 0.2) is 0 Å². The maximum absolute atomic E-state index is 6.13. The predicted octanol–water partition coefficient (Wildman–Crippen LogP) is 2.49. The van der Waals surface area contributed by atoms with Gasteiger partial charge in [-0.3, -0.25) is 9.80 Å². The molecule has 0 saturated carbocycles. The van der Waals surface area contributed by atoms with Crippen LogP contribution in [-0.4, -0.2) is 35.2 Å². The van der Waals surface area contributed by atoms with Gasteiger partial charge >= 0.3 is 0 Å². The fraction of sp³-hybridized carbons (Fsp3) is 0.333. The fourth-order valence-corrected chi connectivity index (χ4v) is 5.23. The molecule has 2 aromatic carbocycles. The summed E-state index contributed by atoms with van der Waals surface area (Å²) in [6.45, 7) is 7.80. The molecule has 11 heteroatoms. The van der Waals surface area contributed by atoms with Crippen LogP contribution < -0.4 is 32.7 Å². The van der Waals surface area contributed by atoms with Crippen molar-refractivity contribution in [2.24, 2.45) is 42.9 Å². The highest BCUT2D eigenvalue weighted by Gasteiger charge is 2.33. The molecule has 8 N–H and O–H groups in total. The van der Waals surface area contributed by atoms with Crippen molar-refractivity contribution < 1.29 is 0 Å². The highest BCUT2D eigenvalue weighted by Crippen LogP contribution is 2.30. The molecule has 0 spiro atoms. The molecule has 2 aliphatic rings. The van der Waals surface area contributed by atoms with Gasteiger partial charge in [0, 0.05) is 22.9 Å². The van der Waals surface area contributed by atoms with E-state index in [4.69, 9.17) is 22.9 Å². The maximum atomic E-state index is 6.13. The summed E-state index contributed by atoms with van der Waals surface area (Å²) < 4.78 is 0. The standard InChI is InChI=1S/C24H32N10S/c1-23(2)31-19(25)29-21(27)33(23)17-9-5-15(6-10-17)13-35-14-16-7-11-18(12-8-16)34-22(28)30-20(26)32-24(34,3)4/h5-12H,13-14H2,1-4H3,(H4,25,27,29,31)(H4,26,28,30,32). The van der Waals surface area contributed by atoms with E-state index in [1.165, 1.54) is 11.1 Å². The summed E-state index contributed by atoms with van der Waals surface area (Å²) in [5, 5.41) is 0. The lowest BCUT2D eigenvalue weighted by atomic mass is 10.1. The number of guanidine groups is 4. The van der Waals surface area contributed by atoms with Crippen LogP contribution in [-0.2, 0) is 11.5 Å². The molecule has 4 rings (SSSR count). The van der Waals surface area contributed by atoms with Crippen LogP contribution in [0.3, 0.4) is 0 Å². The van der Waals surface area contributed by atoms with E-state index in [1.54, 1.807) is 0 Å². The van der Waals surface area contributed by atoms with Gasteiger partial charge in [-0.1, -0.05) is 24.3 Å². The van der Waals surface area contributed by atoms with E-state index < -0.39 is 11.3 Å². The van der Waals surface area contributed by atoms with E-state index in [2.05, 4.69) is 44.2 Å². The SMILES string of the molecule is CC1(C)N=C(N)N=C(N)N1c1ccc(CSCc2ccc(N3C(N)=NC(N)=NC3(C)C)cc2)cc1. The zero-order chi connectivity index (χ0) is 25.4.